The van der Waals surface area contributed by atoms with Crippen molar-refractivity contribution in [1.29, 1.82) is 0 Å². The van der Waals surface area contributed by atoms with Crippen LogP contribution >= 0.6 is 0 Å². The molecule has 0 radical (unpaired) electrons. The third-order valence-corrected chi connectivity index (χ3v) is 6.10. The number of aromatic nitrogens is 5. The average Bonchev–Trinajstić information content (AvgIpc) is 3.34. The van der Waals surface area contributed by atoms with Gasteiger partial charge in [-0.25, -0.2) is 13.1 Å². The van der Waals surface area contributed by atoms with Crippen LogP contribution in [-0.2, 0) is 16.6 Å². The van der Waals surface area contributed by atoms with E-state index in [4.69, 9.17) is 4.52 Å². The third-order valence-electron chi connectivity index (χ3n) is 4.55. The molecule has 29 heavy (non-hydrogen) atoms. The Morgan fingerprint density at radius 1 is 1.17 bits per heavy atom. The van der Waals surface area contributed by atoms with Gasteiger partial charge in [0.2, 0.25) is 21.7 Å². The van der Waals surface area contributed by atoms with Crippen LogP contribution in [0.2, 0.25) is 0 Å². The largest absolute Gasteiger partial charge is 0.337 e. The van der Waals surface area contributed by atoms with Crippen molar-refractivity contribution in [3.8, 4) is 11.4 Å². The second-order valence-corrected chi connectivity index (χ2v) is 8.43. The molecular formula is C19H20N6O3S. The van der Waals surface area contributed by atoms with Gasteiger partial charge >= 0.3 is 0 Å². The van der Waals surface area contributed by atoms with Gasteiger partial charge in [0.15, 0.2) is 0 Å². The minimum Gasteiger partial charge on any atom is -0.337 e. The topological polar surface area (TPSA) is 116 Å². The first-order chi connectivity index (χ1) is 13.9. The fraction of sp³-hybridized carbons (Fsp3) is 0.263. The first-order valence-corrected chi connectivity index (χ1v) is 10.6. The summed E-state index contributed by atoms with van der Waals surface area (Å²) in [5.74, 6) is 0.530. The molecule has 0 bridgehead atoms. The highest BCUT2D eigenvalue weighted by Crippen LogP contribution is 2.23. The van der Waals surface area contributed by atoms with Crippen LogP contribution in [0.15, 0.2) is 51.9 Å². The van der Waals surface area contributed by atoms with Gasteiger partial charge in [0, 0.05) is 12.1 Å². The lowest BCUT2D eigenvalue weighted by Gasteiger charge is -2.10. The minimum absolute atomic E-state index is 0.174. The predicted octanol–water partition coefficient (Wildman–Crippen LogP) is 2.85. The maximum Gasteiger partial charge on any atom is 0.244 e. The molecule has 9 nitrogen and oxygen atoms in total. The van der Waals surface area contributed by atoms with Crippen LogP contribution in [0.1, 0.15) is 31.3 Å². The van der Waals surface area contributed by atoms with E-state index in [1.165, 1.54) is 0 Å². The lowest BCUT2D eigenvalue weighted by atomic mass is 10.2. The number of sulfonamides is 1. The van der Waals surface area contributed by atoms with Crippen LogP contribution in [-0.4, -0.2) is 33.6 Å². The van der Waals surface area contributed by atoms with Crippen LogP contribution in [0.25, 0.3) is 22.4 Å². The summed E-state index contributed by atoms with van der Waals surface area (Å²) in [6.07, 6.45) is 0. The molecule has 1 unspecified atom stereocenters. The lowest BCUT2D eigenvalue weighted by Crippen LogP contribution is -2.27. The van der Waals surface area contributed by atoms with E-state index in [2.05, 4.69) is 25.2 Å². The van der Waals surface area contributed by atoms with Gasteiger partial charge in [-0.05, 0) is 51.1 Å². The number of nitrogens with one attached hydrogen (secondary N) is 1. The van der Waals surface area contributed by atoms with Gasteiger partial charge in [0.05, 0.1) is 16.5 Å². The summed E-state index contributed by atoms with van der Waals surface area (Å²) < 4.78 is 34.8. The highest BCUT2D eigenvalue weighted by Gasteiger charge is 2.23. The van der Waals surface area contributed by atoms with Gasteiger partial charge in [-0.1, -0.05) is 28.1 Å². The molecule has 0 spiro atoms. The van der Waals surface area contributed by atoms with Gasteiger partial charge in [0.1, 0.15) is 5.52 Å². The van der Waals surface area contributed by atoms with E-state index < -0.39 is 16.1 Å². The molecule has 1 N–H and O–H groups in total. The fourth-order valence-electron chi connectivity index (χ4n) is 2.94. The number of rotatable bonds is 6. The van der Waals surface area contributed by atoms with E-state index in [-0.39, 0.29) is 10.8 Å². The maximum absolute atomic E-state index is 12.6. The Labute approximate surface area is 167 Å². The van der Waals surface area contributed by atoms with Crippen LogP contribution in [0, 0.1) is 6.92 Å². The molecule has 2 heterocycles. The Hall–Kier alpha value is -3.11. The SMILES string of the molecule is CCn1nnc2cc(-c3noc(C(C)NS(=O)(=O)c4ccc(C)cc4)n3)ccc21. The highest BCUT2D eigenvalue weighted by atomic mass is 32.2. The molecule has 0 aliphatic carbocycles. The van der Waals surface area contributed by atoms with E-state index in [1.807, 2.05) is 32.0 Å². The fourth-order valence-corrected chi connectivity index (χ4v) is 4.14. The van der Waals surface area contributed by atoms with Gasteiger partial charge in [-0.2, -0.15) is 9.71 Å². The van der Waals surface area contributed by atoms with Crippen molar-refractivity contribution in [2.45, 2.75) is 38.3 Å². The van der Waals surface area contributed by atoms with E-state index in [0.717, 1.165) is 23.1 Å². The average molecular weight is 412 g/mol. The van der Waals surface area contributed by atoms with Gasteiger partial charge in [-0.3, -0.25) is 0 Å². The summed E-state index contributed by atoms with van der Waals surface area (Å²) in [6.45, 7) is 6.26. The first-order valence-electron chi connectivity index (χ1n) is 9.13. The molecule has 0 aliphatic heterocycles. The quantitative estimate of drug-likeness (QED) is 0.518. The van der Waals surface area contributed by atoms with Crippen molar-refractivity contribution in [2.75, 3.05) is 0 Å². The molecule has 0 aliphatic rings. The molecular weight excluding hydrogens is 392 g/mol. The molecule has 0 saturated carbocycles. The van der Waals surface area contributed by atoms with E-state index >= 15 is 0 Å². The van der Waals surface area contributed by atoms with Crippen LogP contribution in [0.4, 0.5) is 0 Å². The van der Waals surface area contributed by atoms with Crippen molar-refractivity contribution in [1.82, 2.24) is 29.9 Å². The predicted molar refractivity (Wildman–Crippen MR) is 106 cm³/mol. The molecule has 0 saturated heterocycles. The monoisotopic (exact) mass is 412 g/mol. The summed E-state index contributed by atoms with van der Waals surface area (Å²) in [5.41, 5.74) is 3.33. The minimum atomic E-state index is -3.71. The molecule has 10 heteroatoms. The van der Waals surface area contributed by atoms with E-state index in [0.29, 0.717) is 11.4 Å². The van der Waals surface area contributed by atoms with Gasteiger partial charge < -0.3 is 4.52 Å². The zero-order chi connectivity index (χ0) is 20.6. The molecule has 1 atom stereocenters. The number of fused-ring (bicyclic) bond motifs is 1. The number of benzene rings is 2. The van der Waals surface area contributed by atoms with Crippen LogP contribution < -0.4 is 4.72 Å². The summed E-state index contributed by atoms with van der Waals surface area (Å²) in [6, 6.07) is 11.5. The highest BCUT2D eigenvalue weighted by molar-refractivity contribution is 7.89. The van der Waals surface area contributed by atoms with E-state index in [9.17, 15) is 8.42 Å². The first kappa shape index (κ1) is 19.2. The summed E-state index contributed by atoms with van der Waals surface area (Å²) in [5, 5.41) is 12.2. The molecule has 4 aromatic rings. The van der Waals surface area contributed by atoms with Crippen LogP contribution in [0.5, 0.6) is 0 Å². The molecule has 0 amide bonds. The maximum atomic E-state index is 12.6. The van der Waals surface area contributed by atoms with Crippen LogP contribution in [0.3, 0.4) is 0 Å². The summed E-state index contributed by atoms with van der Waals surface area (Å²) >= 11 is 0. The van der Waals surface area contributed by atoms with Gasteiger partial charge in [0.25, 0.3) is 0 Å². The zero-order valence-electron chi connectivity index (χ0n) is 16.2. The van der Waals surface area contributed by atoms with Gasteiger partial charge in [-0.15, -0.1) is 5.10 Å². The Morgan fingerprint density at radius 2 is 1.93 bits per heavy atom. The second kappa shape index (κ2) is 7.37. The number of hydrogen-bond donors (Lipinski definition) is 1. The van der Waals surface area contributed by atoms with Crippen molar-refractivity contribution >= 4 is 21.1 Å². The van der Waals surface area contributed by atoms with E-state index in [1.54, 1.807) is 35.9 Å². The summed E-state index contributed by atoms with van der Waals surface area (Å²) in [7, 11) is -3.71. The molecule has 0 fully saturated rings. The van der Waals surface area contributed by atoms with Crippen molar-refractivity contribution in [3.63, 3.8) is 0 Å². The van der Waals surface area contributed by atoms with Crippen molar-refractivity contribution in [2.24, 2.45) is 0 Å². The smallest absolute Gasteiger partial charge is 0.244 e. The Kier molecular flexibility index (Phi) is 4.89. The second-order valence-electron chi connectivity index (χ2n) is 6.72. The lowest BCUT2D eigenvalue weighted by molar-refractivity contribution is 0.354. The Bertz CT molecular complexity index is 1260. The zero-order valence-corrected chi connectivity index (χ0v) is 17.0. The molecule has 4 rings (SSSR count). The molecule has 2 aromatic carbocycles. The summed E-state index contributed by atoms with van der Waals surface area (Å²) in [4.78, 5) is 4.53. The Balaban J connectivity index is 1.56. The number of aryl methyl sites for hydroxylation is 2. The third kappa shape index (κ3) is 3.76. The normalized spacial score (nSPS) is 13.1. The number of hydrogen-bond acceptors (Lipinski definition) is 7. The molecule has 150 valence electrons. The number of nitrogens with zero attached hydrogens (tertiary/aromatic N) is 5. The standard InChI is InChI=1S/C19H20N6O3S/c1-4-25-17-10-7-14(11-16(17)21-24-25)18-20-19(28-22-18)13(3)23-29(26,27)15-8-5-12(2)6-9-15/h5-11,13,23H,4H2,1-3H3. The van der Waals surface area contributed by atoms with Crippen molar-refractivity contribution in [3.05, 3.63) is 53.9 Å². The Morgan fingerprint density at radius 3 is 2.66 bits per heavy atom. The van der Waals surface area contributed by atoms with Crippen molar-refractivity contribution < 1.29 is 12.9 Å². The molecule has 2 aromatic heterocycles.